The Kier molecular flexibility index (Phi) is 4.57. The van der Waals surface area contributed by atoms with E-state index in [1.165, 1.54) is 0 Å². The number of nitrogens with zero attached hydrogens (tertiary/aromatic N) is 1. The van der Waals surface area contributed by atoms with Crippen LogP contribution in [0.4, 0.5) is 8.78 Å². The Hall–Kier alpha value is -0.950. The smallest absolute Gasteiger partial charge is 0.264 e. The zero-order valence-electron chi connectivity index (χ0n) is 9.62. The Morgan fingerprint density at radius 1 is 1.21 bits per heavy atom. The Bertz CT molecular complexity index is 657. The van der Waals surface area contributed by atoms with Crippen LogP contribution in [0.5, 0.6) is 0 Å². The molecule has 2 aromatic rings. The minimum Gasteiger partial charge on any atom is -0.302 e. The van der Waals surface area contributed by atoms with E-state index in [1.54, 1.807) is 36.4 Å². The van der Waals surface area contributed by atoms with Gasteiger partial charge in [-0.25, -0.2) is 8.78 Å². The van der Waals surface area contributed by atoms with Crippen LogP contribution in [-0.4, -0.2) is 11.0 Å². The summed E-state index contributed by atoms with van der Waals surface area (Å²) in [4.78, 5) is 12.0. The third kappa shape index (κ3) is 3.14. The van der Waals surface area contributed by atoms with E-state index in [0.29, 0.717) is 19.9 Å². The SMILES string of the molecule is O=c1c(I)ccc(-c2ccccc2Cl)n1CC(F)F. The molecule has 0 spiro atoms. The van der Waals surface area contributed by atoms with Gasteiger partial charge in [0.05, 0.1) is 15.8 Å². The summed E-state index contributed by atoms with van der Waals surface area (Å²) in [7, 11) is 0. The second-order valence-electron chi connectivity index (χ2n) is 3.85. The van der Waals surface area contributed by atoms with E-state index in [4.69, 9.17) is 11.6 Å². The summed E-state index contributed by atoms with van der Waals surface area (Å²) >= 11 is 7.88. The minimum atomic E-state index is -2.60. The summed E-state index contributed by atoms with van der Waals surface area (Å²) in [5.41, 5.74) is 0.535. The minimum absolute atomic E-state index is 0.397. The highest BCUT2D eigenvalue weighted by molar-refractivity contribution is 14.1. The molecule has 1 heterocycles. The van der Waals surface area contributed by atoms with Crippen molar-refractivity contribution in [3.63, 3.8) is 0 Å². The lowest BCUT2D eigenvalue weighted by atomic mass is 10.1. The molecule has 0 aliphatic rings. The Morgan fingerprint density at radius 2 is 1.89 bits per heavy atom. The molecular weight excluding hydrogens is 387 g/mol. The predicted molar refractivity (Wildman–Crippen MR) is 79.9 cm³/mol. The molecule has 0 amide bonds. The summed E-state index contributed by atoms with van der Waals surface area (Å²) in [5, 5.41) is 0.422. The van der Waals surface area contributed by atoms with E-state index in [1.807, 2.05) is 22.6 Å². The van der Waals surface area contributed by atoms with E-state index in [9.17, 15) is 13.6 Å². The zero-order chi connectivity index (χ0) is 14.0. The monoisotopic (exact) mass is 395 g/mol. The maximum atomic E-state index is 12.6. The number of aromatic nitrogens is 1. The summed E-state index contributed by atoms with van der Waals surface area (Å²) < 4.78 is 26.7. The van der Waals surface area contributed by atoms with Gasteiger partial charge in [0, 0.05) is 10.6 Å². The van der Waals surface area contributed by atoms with Gasteiger partial charge in [0.2, 0.25) is 0 Å². The number of hydrogen-bond donors (Lipinski definition) is 0. The van der Waals surface area contributed by atoms with E-state index >= 15 is 0 Å². The van der Waals surface area contributed by atoms with Gasteiger partial charge >= 0.3 is 0 Å². The van der Waals surface area contributed by atoms with Crippen molar-refractivity contribution < 1.29 is 8.78 Å². The number of benzene rings is 1. The fourth-order valence-electron chi connectivity index (χ4n) is 1.78. The highest BCUT2D eigenvalue weighted by atomic mass is 127. The standard InChI is InChI=1S/C13H9ClF2INO/c14-9-4-2-1-3-8(9)11-6-5-10(17)13(19)18(11)7-12(15)16/h1-6,12H,7H2. The Labute approximate surface area is 127 Å². The molecule has 0 radical (unpaired) electrons. The Morgan fingerprint density at radius 3 is 2.53 bits per heavy atom. The number of halogens is 4. The van der Waals surface area contributed by atoms with Gasteiger partial charge in [-0.05, 0) is 40.8 Å². The first kappa shape index (κ1) is 14.5. The van der Waals surface area contributed by atoms with E-state index in [0.717, 1.165) is 4.57 Å². The van der Waals surface area contributed by atoms with E-state index in [2.05, 4.69) is 0 Å². The molecule has 100 valence electrons. The predicted octanol–water partition coefficient (Wildman–Crippen LogP) is 4.04. The Balaban J connectivity index is 2.67. The molecule has 0 aliphatic heterocycles. The summed E-state index contributed by atoms with van der Waals surface area (Å²) in [6, 6.07) is 10.1. The number of hydrogen-bond acceptors (Lipinski definition) is 1. The molecule has 0 atom stereocenters. The van der Waals surface area contributed by atoms with Crippen LogP contribution in [-0.2, 0) is 6.54 Å². The lowest BCUT2D eigenvalue weighted by Crippen LogP contribution is -2.26. The first-order chi connectivity index (χ1) is 9.00. The molecule has 0 saturated carbocycles. The van der Waals surface area contributed by atoms with Gasteiger partial charge in [0.15, 0.2) is 0 Å². The van der Waals surface area contributed by atoms with Gasteiger partial charge in [0.1, 0.15) is 0 Å². The van der Waals surface area contributed by atoms with Gasteiger partial charge < -0.3 is 4.57 Å². The van der Waals surface area contributed by atoms with E-state index < -0.39 is 18.5 Å². The normalized spacial score (nSPS) is 11.0. The molecule has 0 aliphatic carbocycles. The van der Waals surface area contributed by atoms with Crippen molar-refractivity contribution in [2.45, 2.75) is 13.0 Å². The van der Waals surface area contributed by atoms with Gasteiger partial charge in [-0.2, -0.15) is 0 Å². The summed E-state index contributed by atoms with van der Waals surface area (Å²) in [5.74, 6) is 0. The first-order valence-electron chi connectivity index (χ1n) is 5.43. The van der Waals surface area contributed by atoms with Crippen molar-refractivity contribution >= 4 is 34.2 Å². The van der Waals surface area contributed by atoms with Crippen LogP contribution < -0.4 is 5.56 Å². The third-order valence-corrected chi connectivity index (χ3v) is 3.75. The quantitative estimate of drug-likeness (QED) is 0.719. The van der Waals surface area contributed by atoms with Gasteiger partial charge in [0.25, 0.3) is 12.0 Å². The molecule has 2 rings (SSSR count). The molecule has 0 fully saturated rings. The van der Waals surface area contributed by atoms with Crippen LogP contribution in [0.3, 0.4) is 0 Å². The molecule has 6 heteroatoms. The average Bonchev–Trinajstić information content (AvgIpc) is 2.36. The topological polar surface area (TPSA) is 22.0 Å². The van der Waals surface area contributed by atoms with Crippen molar-refractivity contribution in [2.24, 2.45) is 0 Å². The molecule has 1 aromatic carbocycles. The first-order valence-corrected chi connectivity index (χ1v) is 6.88. The molecule has 0 N–H and O–H groups in total. The van der Waals surface area contributed by atoms with Crippen molar-refractivity contribution in [3.05, 3.63) is 55.3 Å². The van der Waals surface area contributed by atoms with Crippen LogP contribution >= 0.6 is 34.2 Å². The van der Waals surface area contributed by atoms with Crippen molar-refractivity contribution in [1.29, 1.82) is 0 Å². The van der Waals surface area contributed by atoms with Gasteiger partial charge in [-0.15, -0.1) is 0 Å². The lowest BCUT2D eigenvalue weighted by Gasteiger charge is -2.14. The molecule has 19 heavy (non-hydrogen) atoms. The van der Waals surface area contributed by atoms with Crippen molar-refractivity contribution in [2.75, 3.05) is 0 Å². The second-order valence-corrected chi connectivity index (χ2v) is 5.42. The van der Waals surface area contributed by atoms with Crippen molar-refractivity contribution in [3.8, 4) is 11.3 Å². The highest BCUT2D eigenvalue weighted by Crippen LogP contribution is 2.27. The fraction of sp³-hybridized carbons (Fsp3) is 0.154. The summed E-state index contributed by atoms with van der Waals surface area (Å²) in [6.45, 7) is -0.643. The van der Waals surface area contributed by atoms with Crippen LogP contribution in [0.25, 0.3) is 11.3 Å². The molecular formula is C13H9ClF2INO. The second kappa shape index (κ2) is 6.00. The lowest BCUT2D eigenvalue weighted by molar-refractivity contribution is 0.126. The maximum Gasteiger partial charge on any atom is 0.264 e. The maximum absolute atomic E-state index is 12.6. The third-order valence-electron chi connectivity index (χ3n) is 2.60. The molecule has 1 aromatic heterocycles. The van der Waals surface area contributed by atoms with Crippen molar-refractivity contribution in [1.82, 2.24) is 4.57 Å². The van der Waals surface area contributed by atoms with Gasteiger partial charge in [-0.1, -0.05) is 29.8 Å². The van der Waals surface area contributed by atoms with Crippen LogP contribution in [0.15, 0.2) is 41.2 Å². The molecule has 2 nitrogen and oxygen atoms in total. The summed E-state index contributed by atoms with van der Waals surface area (Å²) in [6.07, 6.45) is -2.60. The van der Waals surface area contributed by atoms with Gasteiger partial charge in [-0.3, -0.25) is 4.79 Å². The number of rotatable bonds is 3. The van der Waals surface area contributed by atoms with Crippen LogP contribution in [0.1, 0.15) is 0 Å². The van der Waals surface area contributed by atoms with Crippen LogP contribution in [0.2, 0.25) is 5.02 Å². The average molecular weight is 396 g/mol. The molecule has 0 saturated heterocycles. The van der Waals surface area contributed by atoms with Crippen LogP contribution in [0, 0.1) is 3.57 Å². The van der Waals surface area contributed by atoms with E-state index in [-0.39, 0.29) is 0 Å². The molecule has 0 unspecified atom stereocenters. The zero-order valence-corrected chi connectivity index (χ0v) is 12.5. The number of alkyl halides is 2. The number of pyridine rings is 1. The largest absolute Gasteiger partial charge is 0.302 e. The molecule has 0 bridgehead atoms. The fourth-order valence-corrected chi connectivity index (χ4v) is 2.48. The highest BCUT2D eigenvalue weighted by Gasteiger charge is 2.14.